The smallest absolute Gasteiger partial charge is 0.119 e. The Kier molecular flexibility index (Phi) is 6.38. The van der Waals surface area contributed by atoms with Gasteiger partial charge in [0.2, 0.25) is 0 Å². The van der Waals surface area contributed by atoms with Gasteiger partial charge in [0.1, 0.15) is 17.2 Å². The van der Waals surface area contributed by atoms with Gasteiger partial charge in [-0.2, -0.15) is 0 Å². The van der Waals surface area contributed by atoms with E-state index < -0.39 is 0 Å². The van der Waals surface area contributed by atoms with Crippen molar-refractivity contribution in [2.45, 2.75) is 32.6 Å². The molecular weight excluding hydrogens is 444 g/mol. The van der Waals surface area contributed by atoms with Crippen molar-refractivity contribution in [1.29, 1.82) is 0 Å². The van der Waals surface area contributed by atoms with Crippen molar-refractivity contribution in [3.63, 3.8) is 0 Å². The molecule has 0 bridgehead atoms. The molecule has 0 aromatic heterocycles. The van der Waals surface area contributed by atoms with Crippen LogP contribution in [0.15, 0.2) is 60.7 Å². The maximum absolute atomic E-state index is 7.13. The summed E-state index contributed by atoms with van der Waals surface area (Å²) in [6, 6.07) is 20.9. The van der Waals surface area contributed by atoms with Gasteiger partial charge in [0.25, 0.3) is 0 Å². The van der Waals surface area contributed by atoms with E-state index in [0.717, 1.165) is 76.5 Å². The Morgan fingerprint density at radius 2 is 1.59 bits per heavy atom. The van der Waals surface area contributed by atoms with Crippen LogP contribution < -0.4 is 14.2 Å². The largest absolute Gasteiger partial charge is 0.497 e. The van der Waals surface area contributed by atoms with Gasteiger partial charge in [-0.15, -0.1) is 0 Å². The first-order chi connectivity index (χ1) is 16.6. The molecule has 3 nitrogen and oxygen atoms in total. The molecule has 0 heterocycles. The third-order valence-electron chi connectivity index (χ3n) is 6.67. The van der Waals surface area contributed by atoms with Crippen LogP contribution in [0.1, 0.15) is 30.9 Å². The molecule has 0 radical (unpaired) electrons. The summed E-state index contributed by atoms with van der Waals surface area (Å²) >= 11 is 7.13. The monoisotopic (exact) mass is 472 g/mol. The topological polar surface area (TPSA) is 27.7 Å². The predicted octanol–water partition coefficient (Wildman–Crippen LogP) is 8.12. The number of hydrogen-bond donors (Lipinski definition) is 0. The lowest BCUT2D eigenvalue weighted by Gasteiger charge is -2.27. The highest BCUT2D eigenvalue weighted by atomic mass is 35.5. The molecular formula is C30H29ClO3. The van der Waals surface area contributed by atoms with E-state index in [4.69, 9.17) is 25.8 Å². The van der Waals surface area contributed by atoms with Crippen LogP contribution in [0, 0.1) is 0 Å². The Morgan fingerprint density at radius 1 is 0.794 bits per heavy atom. The average molecular weight is 473 g/mol. The average Bonchev–Trinajstić information content (AvgIpc) is 2.88. The lowest BCUT2D eigenvalue weighted by Crippen LogP contribution is -2.08. The summed E-state index contributed by atoms with van der Waals surface area (Å²) in [7, 11) is 3.41. The molecule has 1 aliphatic rings. The van der Waals surface area contributed by atoms with Gasteiger partial charge in [-0.1, -0.05) is 43.1 Å². The molecule has 34 heavy (non-hydrogen) atoms. The number of ether oxygens (including phenoxy) is 3. The summed E-state index contributed by atoms with van der Waals surface area (Å²) in [5.74, 6) is 2.59. The quantitative estimate of drug-likeness (QED) is 0.254. The minimum absolute atomic E-state index is 0.725. The van der Waals surface area contributed by atoms with Crippen LogP contribution in [0.5, 0.6) is 17.2 Å². The molecule has 0 fully saturated rings. The van der Waals surface area contributed by atoms with E-state index in [1.54, 1.807) is 14.2 Å². The summed E-state index contributed by atoms with van der Waals surface area (Å²) < 4.78 is 17.1. The zero-order valence-corrected chi connectivity index (χ0v) is 20.7. The highest BCUT2D eigenvalue weighted by molar-refractivity contribution is 6.39. The minimum Gasteiger partial charge on any atom is -0.497 e. The molecule has 4 aromatic rings. The standard InChI is InChI=1S/C30H29ClO3/c1-4-5-15-34-23-8-6-7-20(17-23)28-26-12-9-19-16-21(32-2)10-13-24(19)29(26)30(31)25-14-11-22(33-3)18-27(25)28/h6-8,10-11,13-14,16-18H,4-5,9,12,15H2,1-3H3. The van der Waals surface area contributed by atoms with Crippen molar-refractivity contribution in [3.8, 4) is 39.5 Å². The van der Waals surface area contributed by atoms with Crippen LogP contribution in [-0.4, -0.2) is 20.8 Å². The van der Waals surface area contributed by atoms with Gasteiger partial charge in [-0.05, 0) is 94.9 Å². The molecule has 4 aromatic carbocycles. The molecule has 1 aliphatic carbocycles. The highest BCUT2D eigenvalue weighted by Crippen LogP contribution is 2.49. The van der Waals surface area contributed by atoms with Gasteiger partial charge < -0.3 is 14.2 Å². The third-order valence-corrected chi connectivity index (χ3v) is 7.06. The fraction of sp³-hybridized carbons (Fsp3) is 0.267. The van der Waals surface area contributed by atoms with Crippen LogP contribution in [0.2, 0.25) is 5.02 Å². The van der Waals surface area contributed by atoms with E-state index in [2.05, 4.69) is 49.4 Å². The fourth-order valence-electron chi connectivity index (χ4n) is 4.95. The summed E-state index contributed by atoms with van der Waals surface area (Å²) in [5.41, 5.74) is 7.18. The second-order valence-corrected chi connectivity index (χ2v) is 9.08. The minimum atomic E-state index is 0.725. The first-order valence-corrected chi connectivity index (χ1v) is 12.2. The SMILES string of the molecule is CCCCOc1cccc(-c2c3c(c(Cl)c4ccc(OC)cc24)-c2ccc(OC)cc2CC3)c1. The van der Waals surface area contributed by atoms with E-state index in [1.165, 1.54) is 22.3 Å². The van der Waals surface area contributed by atoms with Crippen molar-refractivity contribution in [1.82, 2.24) is 0 Å². The number of halogens is 1. The third kappa shape index (κ3) is 3.99. The highest BCUT2D eigenvalue weighted by Gasteiger charge is 2.26. The van der Waals surface area contributed by atoms with Gasteiger partial charge in [0.05, 0.1) is 25.8 Å². The van der Waals surface area contributed by atoms with Crippen LogP contribution in [0.25, 0.3) is 33.0 Å². The Bertz CT molecular complexity index is 1360. The van der Waals surface area contributed by atoms with E-state index in [9.17, 15) is 0 Å². The second-order valence-electron chi connectivity index (χ2n) is 8.71. The number of methoxy groups -OCH3 is 2. The first kappa shape index (κ1) is 22.6. The summed E-state index contributed by atoms with van der Waals surface area (Å²) in [4.78, 5) is 0. The number of benzene rings is 4. The zero-order valence-electron chi connectivity index (χ0n) is 19.9. The molecule has 0 saturated heterocycles. The van der Waals surface area contributed by atoms with Gasteiger partial charge in [0, 0.05) is 10.9 Å². The first-order valence-electron chi connectivity index (χ1n) is 11.9. The Morgan fingerprint density at radius 3 is 2.38 bits per heavy atom. The fourth-order valence-corrected chi connectivity index (χ4v) is 5.33. The van der Waals surface area contributed by atoms with Gasteiger partial charge >= 0.3 is 0 Å². The molecule has 0 atom stereocenters. The normalized spacial score (nSPS) is 12.2. The molecule has 0 unspecified atom stereocenters. The van der Waals surface area contributed by atoms with Crippen molar-refractivity contribution in [2.24, 2.45) is 0 Å². The zero-order chi connectivity index (χ0) is 23.7. The Labute approximate surface area is 206 Å². The second kappa shape index (κ2) is 9.60. The van der Waals surface area contributed by atoms with E-state index in [1.807, 2.05) is 18.2 Å². The predicted molar refractivity (Wildman–Crippen MR) is 141 cm³/mol. The summed E-state index contributed by atoms with van der Waals surface area (Å²) in [6.45, 7) is 2.90. The number of rotatable bonds is 7. The van der Waals surface area contributed by atoms with Gasteiger partial charge in [-0.25, -0.2) is 0 Å². The lowest BCUT2D eigenvalue weighted by atomic mass is 9.79. The number of unbranched alkanes of at least 4 members (excludes halogenated alkanes) is 1. The maximum Gasteiger partial charge on any atom is 0.119 e. The molecule has 0 spiro atoms. The summed E-state index contributed by atoms with van der Waals surface area (Å²) in [6.07, 6.45) is 3.99. The van der Waals surface area contributed by atoms with Gasteiger partial charge in [0.15, 0.2) is 0 Å². The molecule has 0 aliphatic heterocycles. The van der Waals surface area contributed by atoms with Crippen molar-refractivity contribution in [3.05, 3.63) is 76.8 Å². The Balaban J connectivity index is 1.77. The molecule has 174 valence electrons. The molecule has 0 saturated carbocycles. The number of aryl methyl sites for hydroxylation is 1. The maximum atomic E-state index is 7.13. The Hall–Kier alpha value is -3.17. The molecule has 0 N–H and O–H groups in total. The molecule has 4 heteroatoms. The van der Waals surface area contributed by atoms with Crippen molar-refractivity contribution in [2.75, 3.05) is 20.8 Å². The molecule has 5 rings (SSSR count). The van der Waals surface area contributed by atoms with Crippen LogP contribution in [0.4, 0.5) is 0 Å². The number of hydrogen-bond acceptors (Lipinski definition) is 3. The molecule has 0 amide bonds. The van der Waals surface area contributed by atoms with Crippen molar-refractivity contribution < 1.29 is 14.2 Å². The van der Waals surface area contributed by atoms with E-state index >= 15 is 0 Å². The van der Waals surface area contributed by atoms with E-state index in [-0.39, 0.29) is 0 Å². The van der Waals surface area contributed by atoms with Crippen LogP contribution >= 0.6 is 11.6 Å². The van der Waals surface area contributed by atoms with E-state index in [0.29, 0.717) is 0 Å². The van der Waals surface area contributed by atoms with Gasteiger partial charge in [-0.3, -0.25) is 0 Å². The lowest BCUT2D eigenvalue weighted by molar-refractivity contribution is 0.309. The summed E-state index contributed by atoms with van der Waals surface area (Å²) in [5, 5.41) is 2.92. The van der Waals surface area contributed by atoms with Crippen LogP contribution in [-0.2, 0) is 12.8 Å². The van der Waals surface area contributed by atoms with Crippen LogP contribution in [0.3, 0.4) is 0 Å². The number of fused-ring (bicyclic) bond motifs is 4. The van der Waals surface area contributed by atoms with Crippen molar-refractivity contribution >= 4 is 22.4 Å².